The molecule has 1 amide bonds. The first-order chi connectivity index (χ1) is 12.2. The summed E-state index contributed by atoms with van der Waals surface area (Å²) < 4.78 is 5.11. The van der Waals surface area contributed by atoms with Gasteiger partial charge in [-0.1, -0.05) is 6.92 Å². The predicted octanol–water partition coefficient (Wildman–Crippen LogP) is 3.51. The molecule has 0 saturated carbocycles. The van der Waals surface area contributed by atoms with E-state index in [2.05, 4.69) is 27.1 Å². The van der Waals surface area contributed by atoms with Crippen molar-refractivity contribution in [2.24, 2.45) is 0 Å². The number of carbonyl (C=O) groups excluding carboxylic acids is 1. The van der Waals surface area contributed by atoms with Gasteiger partial charge in [-0.2, -0.15) is 0 Å². The van der Waals surface area contributed by atoms with Crippen molar-refractivity contribution in [1.29, 1.82) is 0 Å². The lowest BCUT2D eigenvalue weighted by Crippen LogP contribution is -2.40. The van der Waals surface area contributed by atoms with Crippen molar-refractivity contribution in [2.75, 3.05) is 23.9 Å². The second-order valence-corrected chi connectivity index (χ2v) is 6.21. The Morgan fingerprint density at radius 3 is 2.60 bits per heavy atom. The van der Waals surface area contributed by atoms with Gasteiger partial charge in [0.2, 0.25) is 5.95 Å². The van der Waals surface area contributed by atoms with Crippen molar-refractivity contribution in [1.82, 2.24) is 9.97 Å². The Balaban J connectivity index is 1.67. The molecule has 2 aromatic rings. The van der Waals surface area contributed by atoms with Crippen LogP contribution in [0.3, 0.4) is 0 Å². The summed E-state index contributed by atoms with van der Waals surface area (Å²) in [4.78, 5) is 23.4. The molecule has 1 aromatic carbocycles. The Kier molecular flexibility index (Phi) is 5.48. The number of rotatable bonds is 5. The van der Waals surface area contributed by atoms with Gasteiger partial charge >= 0.3 is 0 Å². The second kappa shape index (κ2) is 7.96. The maximum atomic E-state index is 12.3. The lowest BCUT2D eigenvalue weighted by Gasteiger charge is -2.35. The quantitative estimate of drug-likeness (QED) is 0.902. The molecule has 3 rings (SSSR count). The number of benzene rings is 1. The minimum absolute atomic E-state index is 0.220. The molecule has 132 valence electrons. The SMILES string of the molecule is CCC1CCCCN1c1ncc(C(=O)Nc2ccc(OC)cc2)cn1. The van der Waals surface area contributed by atoms with E-state index >= 15 is 0 Å². The number of piperidine rings is 1. The first kappa shape index (κ1) is 17.2. The average Bonchev–Trinajstić information content (AvgIpc) is 2.68. The highest BCUT2D eigenvalue weighted by Gasteiger charge is 2.23. The van der Waals surface area contributed by atoms with Crippen molar-refractivity contribution in [2.45, 2.75) is 38.6 Å². The van der Waals surface area contributed by atoms with Crippen LogP contribution in [0.5, 0.6) is 5.75 Å². The molecule has 1 aromatic heterocycles. The first-order valence-electron chi connectivity index (χ1n) is 8.75. The fraction of sp³-hybridized carbons (Fsp3) is 0.421. The van der Waals surface area contributed by atoms with Crippen LogP contribution in [-0.4, -0.2) is 35.6 Å². The van der Waals surface area contributed by atoms with Gasteiger partial charge in [-0.05, 0) is 49.9 Å². The molecule has 0 spiro atoms. The van der Waals surface area contributed by atoms with Gasteiger partial charge in [0.1, 0.15) is 5.75 Å². The monoisotopic (exact) mass is 340 g/mol. The zero-order chi connectivity index (χ0) is 17.6. The summed E-state index contributed by atoms with van der Waals surface area (Å²) in [5.74, 6) is 1.24. The van der Waals surface area contributed by atoms with Gasteiger partial charge in [0.25, 0.3) is 5.91 Å². The van der Waals surface area contributed by atoms with Gasteiger partial charge in [-0.15, -0.1) is 0 Å². The number of nitrogens with one attached hydrogen (secondary N) is 1. The van der Waals surface area contributed by atoms with Crippen LogP contribution in [0.25, 0.3) is 0 Å². The lowest BCUT2D eigenvalue weighted by atomic mass is 10.0. The number of nitrogens with zero attached hydrogens (tertiary/aromatic N) is 3. The van der Waals surface area contributed by atoms with Crippen molar-refractivity contribution in [3.05, 3.63) is 42.2 Å². The van der Waals surface area contributed by atoms with Gasteiger partial charge in [0.15, 0.2) is 0 Å². The topological polar surface area (TPSA) is 67.4 Å². The highest BCUT2D eigenvalue weighted by molar-refractivity contribution is 6.03. The van der Waals surface area contributed by atoms with Gasteiger partial charge in [-0.25, -0.2) is 9.97 Å². The van der Waals surface area contributed by atoms with Crippen molar-refractivity contribution in [3.8, 4) is 5.75 Å². The number of hydrogen-bond acceptors (Lipinski definition) is 5. The normalized spacial score (nSPS) is 17.2. The second-order valence-electron chi connectivity index (χ2n) is 6.21. The third-order valence-electron chi connectivity index (χ3n) is 4.60. The van der Waals surface area contributed by atoms with E-state index in [0.29, 0.717) is 23.2 Å². The smallest absolute Gasteiger partial charge is 0.258 e. The minimum atomic E-state index is -0.220. The van der Waals surface area contributed by atoms with Crippen LogP contribution in [0, 0.1) is 0 Å². The molecule has 1 unspecified atom stereocenters. The van der Waals surface area contributed by atoms with Crippen LogP contribution < -0.4 is 15.0 Å². The highest BCUT2D eigenvalue weighted by atomic mass is 16.5. The fourth-order valence-corrected chi connectivity index (χ4v) is 3.15. The number of methoxy groups -OCH3 is 1. The summed E-state index contributed by atoms with van der Waals surface area (Å²) in [6.07, 6.45) is 7.89. The summed E-state index contributed by atoms with van der Waals surface area (Å²) in [5, 5.41) is 2.84. The van der Waals surface area contributed by atoms with E-state index in [-0.39, 0.29) is 5.91 Å². The van der Waals surface area contributed by atoms with E-state index in [9.17, 15) is 4.79 Å². The molecular weight excluding hydrogens is 316 g/mol. The van der Waals surface area contributed by atoms with E-state index in [1.54, 1.807) is 43.8 Å². The van der Waals surface area contributed by atoms with Crippen molar-refractivity contribution in [3.63, 3.8) is 0 Å². The van der Waals surface area contributed by atoms with Crippen LogP contribution in [0.1, 0.15) is 43.0 Å². The number of hydrogen-bond donors (Lipinski definition) is 1. The lowest BCUT2D eigenvalue weighted by molar-refractivity contribution is 0.102. The maximum absolute atomic E-state index is 12.3. The van der Waals surface area contributed by atoms with E-state index in [4.69, 9.17) is 4.74 Å². The van der Waals surface area contributed by atoms with E-state index < -0.39 is 0 Å². The molecule has 0 radical (unpaired) electrons. The molecular formula is C19H24N4O2. The molecule has 6 nitrogen and oxygen atoms in total. The Bertz CT molecular complexity index is 700. The number of anilines is 2. The van der Waals surface area contributed by atoms with Crippen LogP contribution in [-0.2, 0) is 0 Å². The zero-order valence-corrected chi connectivity index (χ0v) is 14.7. The van der Waals surface area contributed by atoms with E-state index in [1.165, 1.54) is 19.3 Å². The van der Waals surface area contributed by atoms with Crippen LogP contribution in [0.15, 0.2) is 36.7 Å². The van der Waals surface area contributed by atoms with Gasteiger partial charge < -0.3 is 15.0 Å². The third-order valence-corrected chi connectivity index (χ3v) is 4.60. The molecule has 1 N–H and O–H groups in total. The van der Waals surface area contributed by atoms with Crippen molar-refractivity contribution >= 4 is 17.5 Å². The summed E-state index contributed by atoms with van der Waals surface area (Å²) >= 11 is 0. The van der Waals surface area contributed by atoms with Gasteiger partial charge in [0, 0.05) is 30.7 Å². The molecule has 1 atom stereocenters. The van der Waals surface area contributed by atoms with Gasteiger partial charge in [0.05, 0.1) is 12.7 Å². The molecule has 6 heteroatoms. The Morgan fingerprint density at radius 2 is 1.96 bits per heavy atom. The molecule has 2 heterocycles. The molecule has 0 aliphatic carbocycles. The Hall–Kier alpha value is -2.63. The maximum Gasteiger partial charge on any atom is 0.258 e. The Labute approximate surface area is 148 Å². The van der Waals surface area contributed by atoms with Crippen LogP contribution >= 0.6 is 0 Å². The highest BCUT2D eigenvalue weighted by Crippen LogP contribution is 2.23. The average molecular weight is 340 g/mol. The molecule has 1 fully saturated rings. The minimum Gasteiger partial charge on any atom is -0.497 e. The first-order valence-corrected chi connectivity index (χ1v) is 8.75. The molecule has 25 heavy (non-hydrogen) atoms. The molecule has 0 bridgehead atoms. The number of carbonyl (C=O) groups is 1. The number of aromatic nitrogens is 2. The van der Waals surface area contributed by atoms with Gasteiger partial charge in [-0.3, -0.25) is 4.79 Å². The molecule has 1 saturated heterocycles. The molecule has 1 aliphatic rings. The van der Waals surface area contributed by atoms with Crippen LogP contribution in [0.4, 0.5) is 11.6 Å². The van der Waals surface area contributed by atoms with E-state index in [1.807, 2.05) is 0 Å². The standard InChI is InChI=1S/C19H24N4O2/c1-3-16-6-4-5-11-23(16)19-20-12-14(13-21-19)18(24)22-15-7-9-17(25-2)10-8-15/h7-10,12-13,16H,3-6,11H2,1-2H3,(H,22,24). The summed E-state index contributed by atoms with van der Waals surface area (Å²) in [5.41, 5.74) is 1.15. The van der Waals surface area contributed by atoms with Crippen LogP contribution in [0.2, 0.25) is 0 Å². The van der Waals surface area contributed by atoms with Crippen molar-refractivity contribution < 1.29 is 9.53 Å². The number of amides is 1. The Morgan fingerprint density at radius 1 is 1.24 bits per heavy atom. The number of ether oxygens (including phenoxy) is 1. The summed E-state index contributed by atoms with van der Waals surface area (Å²) in [6, 6.07) is 7.69. The predicted molar refractivity (Wildman–Crippen MR) is 98.3 cm³/mol. The zero-order valence-electron chi connectivity index (χ0n) is 14.7. The summed E-state index contributed by atoms with van der Waals surface area (Å²) in [7, 11) is 1.61. The summed E-state index contributed by atoms with van der Waals surface area (Å²) in [6.45, 7) is 3.18. The third kappa shape index (κ3) is 4.07. The molecule has 1 aliphatic heterocycles. The fourth-order valence-electron chi connectivity index (χ4n) is 3.15. The largest absolute Gasteiger partial charge is 0.497 e. The van der Waals surface area contributed by atoms with E-state index in [0.717, 1.165) is 18.7 Å².